The number of benzene rings is 2. The standard InChI is InChI=1S/C29H34N4O3/c1-21(22-10-12-23(13-11-22)25-14-15-26(31-30-25)32-17-7-18-32)33-19-16-29(36-27(33)34,20-28(2,3)35)24-8-5-4-6-9-24/h4-6,8-15,21,35H,7,16-20H2,1-3H3/t21-,29-/m0/s1. The molecule has 0 radical (unpaired) electrons. The van der Waals surface area contributed by atoms with Gasteiger partial charge in [0.15, 0.2) is 5.82 Å². The molecule has 3 aromatic rings. The van der Waals surface area contributed by atoms with Crippen molar-refractivity contribution in [3.63, 3.8) is 0 Å². The number of carbonyl (C=O) groups excluding carboxylic acids is 1. The predicted molar refractivity (Wildman–Crippen MR) is 140 cm³/mol. The molecule has 0 saturated carbocycles. The summed E-state index contributed by atoms with van der Waals surface area (Å²) >= 11 is 0. The van der Waals surface area contributed by atoms with Gasteiger partial charge in [-0.25, -0.2) is 4.79 Å². The van der Waals surface area contributed by atoms with Gasteiger partial charge in [-0.05, 0) is 50.5 Å². The van der Waals surface area contributed by atoms with E-state index in [9.17, 15) is 9.90 Å². The van der Waals surface area contributed by atoms with Crippen molar-refractivity contribution < 1.29 is 14.6 Å². The van der Waals surface area contributed by atoms with Gasteiger partial charge in [0.2, 0.25) is 0 Å². The van der Waals surface area contributed by atoms with E-state index in [0.717, 1.165) is 41.3 Å². The Morgan fingerprint density at radius 2 is 1.72 bits per heavy atom. The van der Waals surface area contributed by atoms with Crippen molar-refractivity contribution in [2.45, 2.75) is 57.3 Å². The molecular formula is C29H34N4O3. The van der Waals surface area contributed by atoms with E-state index in [1.165, 1.54) is 6.42 Å². The maximum absolute atomic E-state index is 13.3. The van der Waals surface area contributed by atoms with Gasteiger partial charge in [0, 0.05) is 38.0 Å². The number of hydrogen-bond donors (Lipinski definition) is 1. The molecule has 0 unspecified atom stereocenters. The average molecular weight is 487 g/mol. The highest BCUT2D eigenvalue weighted by atomic mass is 16.6. The smallest absolute Gasteiger partial charge is 0.411 e. The van der Waals surface area contributed by atoms with Crippen LogP contribution in [0.3, 0.4) is 0 Å². The highest BCUT2D eigenvalue weighted by Gasteiger charge is 2.46. The zero-order valence-corrected chi connectivity index (χ0v) is 21.2. The Morgan fingerprint density at radius 3 is 2.28 bits per heavy atom. The van der Waals surface area contributed by atoms with E-state index in [-0.39, 0.29) is 12.1 Å². The van der Waals surface area contributed by atoms with Crippen LogP contribution in [0.2, 0.25) is 0 Å². The quantitative estimate of drug-likeness (QED) is 0.487. The lowest BCUT2D eigenvalue weighted by Gasteiger charge is -2.45. The van der Waals surface area contributed by atoms with Crippen LogP contribution in [0.5, 0.6) is 0 Å². The van der Waals surface area contributed by atoms with E-state index in [2.05, 4.69) is 15.1 Å². The Hall–Kier alpha value is -3.45. The van der Waals surface area contributed by atoms with Crippen LogP contribution in [0, 0.1) is 0 Å². The molecule has 7 nitrogen and oxygen atoms in total. The molecule has 0 aliphatic carbocycles. The number of aromatic nitrogens is 2. The second-order valence-electron chi connectivity index (χ2n) is 10.6. The number of carbonyl (C=O) groups is 1. The minimum atomic E-state index is -0.976. The fraction of sp³-hybridized carbons (Fsp3) is 0.414. The third-order valence-electron chi connectivity index (χ3n) is 7.28. The predicted octanol–water partition coefficient (Wildman–Crippen LogP) is 5.31. The van der Waals surface area contributed by atoms with Crippen molar-refractivity contribution in [2.75, 3.05) is 24.5 Å². The molecule has 1 N–H and O–H groups in total. The van der Waals surface area contributed by atoms with E-state index >= 15 is 0 Å². The SMILES string of the molecule is C[C@@H](c1ccc(-c2ccc(N3CCC3)nn2)cc1)N1CC[C@](CC(C)(C)O)(c2ccccc2)OC1=O. The summed E-state index contributed by atoms with van der Waals surface area (Å²) in [5.41, 5.74) is 1.93. The van der Waals surface area contributed by atoms with Crippen LogP contribution >= 0.6 is 0 Å². The van der Waals surface area contributed by atoms with Gasteiger partial charge in [-0.15, -0.1) is 10.2 Å². The summed E-state index contributed by atoms with van der Waals surface area (Å²) < 4.78 is 6.13. The van der Waals surface area contributed by atoms with Gasteiger partial charge in [-0.2, -0.15) is 0 Å². The number of amides is 1. The Kier molecular flexibility index (Phi) is 6.43. The lowest BCUT2D eigenvalue weighted by molar-refractivity contribution is -0.101. The highest BCUT2D eigenvalue weighted by molar-refractivity contribution is 5.70. The van der Waals surface area contributed by atoms with Gasteiger partial charge in [-0.3, -0.25) is 0 Å². The maximum atomic E-state index is 13.3. The molecule has 2 aliphatic heterocycles. The summed E-state index contributed by atoms with van der Waals surface area (Å²) in [6.45, 7) is 8.16. The summed E-state index contributed by atoms with van der Waals surface area (Å²) in [7, 11) is 0. The minimum absolute atomic E-state index is 0.151. The minimum Gasteiger partial charge on any atom is -0.438 e. The Bertz CT molecular complexity index is 1190. The zero-order chi connectivity index (χ0) is 25.3. The molecular weight excluding hydrogens is 452 g/mol. The first-order valence-electron chi connectivity index (χ1n) is 12.7. The molecule has 5 rings (SSSR count). The van der Waals surface area contributed by atoms with Gasteiger partial charge in [0.25, 0.3) is 0 Å². The molecule has 2 atom stereocenters. The lowest BCUT2D eigenvalue weighted by atomic mass is 9.80. The normalized spacial score (nSPS) is 21.1. The molecule has 0 spiro atoms. The first kappa shape index (κ1) is 24.3. The van der Waals surface area contributed by atoms with Gasteiger partial charge in [-0.1, -0.05) is 54.6 Å². The van der Waals surface area contributed by atoms with Gasteiger partial charge in [0.05, 0.1) is 17.3 Å². The number of ether oxygens (including phenoxy) is 1. The van der Waals surface area contributed by atoms with Crippen LogP contribution < -0.4 is 4.90 Å². The molecule has 2 saturated heterocycles. The van der Waals surface area contributed by atoms with Crippen LogP contribution in [-0.2, 0) is 10.3 Å². The summed E-state index contributed by atoms with van der Waals surface area (Å²) in [6.07, 6.45) is 1.79. The summed E-state index contributed by atoms with van der Waals surface area (Å²) in [4.78, 5) is 17.3. The maximum Gasteiger partial charge on any atom is 0.411 e. The first-order valence-corrected chi connectivity index (χ1v) is 12.7. The molecule has 1 aromatic heterocycles. The summed E-state index contributed by atoms with van der Waals surface area (Å²) in [5.74, 6) is 0.926. The average Bonchev–Trinajstić information content (AvgIpc) is 2.83. The summed E-state index contributed by atoms with van der Waals surface area (Å²) in [5, 5.41) is 19.4. The van der Waals surface area contributed by atoms with E-state index in [1.54, 1.807) is 18.7 Å². The van der Waals surface area contributed by atoms with E-state index in [1.807, 2.05) is 73.7 Å². The fourth-order valence-corrected chi connectivity index (χ4v) is 5.20. The number of aliphatic hydroxyl groups is 1. The van der Waals surface area contributed by atoms with Crippen LogP contribution in [0.25, 0.3) is 11.3 Å². The van der Waals surface area contributed by atoms with Crippen molar-refractivity contribution in [1.82, 2.24) is 15.1 Å². The van der Waals surface area contributed by atoms with Crippen molar-refractivity contribution >= 4 is 11.9 Å². The number of nitrogens with zero attached hydrogens (tertiary/aromatic N) is 4. The van der Waals surface area contributed by atoms with Crippen molar-refractivity contribution in [3.05, 3.63) is 77.9 Å². The number of rotatable bonds is 7. The van der Waals surface area contributed by atoms with Crippen molar-refractivity contribution in [2.24, 2.45) is 0 Å². The second-order valence-corrected chi connectivity index (χ2v) is 10.6. The molecule has 2 fully saturated rings. The molecule has 2 aromatic carbocycles. The molecule has 1 amide bonds. The van der Waals surface area contributed by atoms with Crippen LogP contribution in [0.1, 0.15) is 57.2 Å². The second kappa shape index (κ2) is 9.54. The fourth-order valence-electron chi connectivity index (χ4n) is 5.20. The highest BCUT2D eigenvalue weighted by Crippen LogP contribution is 2.42. The molecule has 0 bridgehead atoms. The molecule has 188 valence electrons. The number of anilines is 1. The van der Waals surface area contributed by atoms with Gasteiger partial charge >= 0.3 is 6.09 Å². The zero-order valence-electron chi connectivity index (χ0n) is 21.2. The largest absolute Gasteiger partial charge is 0.438 e. The number of hydrogen-bond acceptors (Lipinski definition) is 6. The molecule has 36 heavy (non-hydrogen) atoms. The van der Waals surface area contributed by atoms with Crippen molar-refractivity contribution in [3.8, 4) is 11.3 Å². The Morgan fingerprint density at radius 1 is 1.00 bits per heavy atom. The van der Waals surface area contributed by atoms with E-state index in [4.69, 9.17) is 4.74 Å². The topological polar surface area (TPSA) is 78.8 Å². The third-order valence-corrected chi connectivity index (χ3v) is 7.28. The van der Waals surface area contributed by atoms with Crippen LogP contribution in [0.4, 0.5) is 10.6 Å². The van der Waals surface area contributed by atoms with Gasteiger partial charge < -0.3 is 19.6 Å². The van der Waals surface area contributed by atoms with Crippen LogP contribution in [0.15, 0.2) is 66.7 Å². The third kappa shape index (κ3) is 4.93. The van der Waals surface area contributed by atoms with E-state index < -0.39 is 11.2 Å². The Labute approximate surface area is 212 Å². The monoisotopic (exact) mass is 486 g/mol. The summed E-state index contributed by atoms with van der Waals surface area (Å²) in [6, 6.07) is 21.8. The van der Waals surface area contributed by atoms with Crippen LogP contribution in [-0.4, -0.2) is 51.5 Å². The van der Waals surface area contributed by atoms with Gasteiger partial charge in [0.1, 0.15) is 5.60 Å². The molecule has 2 aliphatic rings. The first-order chi connectivity index (χ1) is 17.2. The molecule has 7 heteroatoms. The number of cyclic esters (lactones) is 1. The van der Waals surface area contributed by atoms with Crippen molar-refractivity contribution in [1.29, 1.82) is 0 Å². The molecule has 3 heterocycles. The van der Waals surface area contributed by atoms with E-state index in [0.29, 0.717) is 19.4 Å². The Balaban J connectivity index is 1.30. The lowest BCUT2D eigenvalue weighted by Crippen LogP contribution is -2.51.